The minimum atomic E-state index is 0.0447. The Kier molecular flexibility index (Phi) is 4.41. The minimum Gasteiger partial charge on any atom is -0.351 e. The molecule has 0 saturated heterocycles. The molecule has 1 amide bonds. The third-order valence-electron chi connectivity index (χ3n) is 4.19. The third kappa shape index (κ3) is 3.57. The van der Waals surface area contributed by atoms with Gasteiger partial charge in [0.25, 0.3) is 0 Å². The predicted octanol–water partition coefficient (Wildman–Crippen LogP) is 1.78. The first kappa shape index (κ1) is 15.6. The molecule has 0 radical (unpaired) electrons. The molecular formula is C17H23N5O. The Morgan fingerprint density at radius 1 is 1.39 bits per heavy atom. The number of nitrogens with one attached hydrogen (secondary N) is 1. The zero-order valence-electron chi connectivity index (χ0n) is 13.9. The molecule has 1 aliphatic rings. The summed E-state index contributed by atoms with van der Waals surface area (Å²) in [5, 5.41) is 11.7. The van der Waals surface area contributed by atoms with E-state index in [1.54, 1.807) is 6.20 Å². The van der Waals surface area contributed by atoms with Gasteiger partial charge in [0, 0.05) is 36.8 Å². The van der Waals surface area contributed by atoms with E-state index in [0.29, 0.717) is 12.3 Å². The first-order valence-electron chi connectivity index (χ1n) is 8.16. The maximum absolute atomic E-state index is 12.3. The molecular weight excluding hydrogens is 290 g/mol. The van der Waals surface area contributed by atoms with Gasteiger partial charge in [0.05, 0.1) is 6.42 Å². The highest BCUT2D eigenvalue weighted by Crippen LogP contribution is 2.20. The average Bonchev–Trinajstić information content (AvgIpc) is 2.93. The molecule has 2 aromatic heterocycles. The largest absolute Gasteiger partial charge is 0.351 e. The third-order valence-corrected chi connectivity index (χ3v) is 4.19. The number of nitrogens with zero attached hydrogens (tertiary/aromatic N) is 4. The van der Waals surface area contributed by atoms with Crippen LogP contribution in [0.15, 0.2) is 18.3 Å². The molecule has 0 aromatic carbocycles. The van der Waals surface area contributed by atoms with Crippen molar-refractivity contribution in [1.82, 2.24) is 25.1 Å². The first-order valence-corrected chi connectivity index (χ1v) is 8.16. The molecule has 0 bridgehead atoms. The highest BCUT2D eigenvalue weighted by Gasteiger charge is 2.24. The van der Waals surface area contributed by atoms with Crippen molar-refractivity contribution in [3.8, 4) is 0 Å². The van der Waals surface area contributed by atoms with Gasteiger partial charge in [0.1, 0.15) is 11.6 Å². The van der Waals surface area contributed by atoms with Crippen molar-refractivity contribution in [2.75, 3.05) is 0 Å². The molecule has 0 saturated carbocycles. The number of pyridine rings is 1. The SMILES string of the molecule is Cc1ccc(CC(=O)N[C@@H]2CCc3nnc(C(C)C)n3C2)cn1. The quantitative estimate of drug-likeness (QED) is 0.934. The van der Waals surface area contributed by atoms with E-state index in [1.165, 1.54) is 0 Å². The van der Waals surface area contributed by atoms with Crippen LogP contribution in [0.5, 0.6) is 0 Å². The Hall–Kier alpha value is -2.24. The summed E-state index contributed by atoms with van der Waals surface area (Å²) in [7, 11) is 0. The Morgan fingerprint density at radius 2 is 2.22 bits per heavy atom. The van der Waals surface area contributed by atoms with Gasteiger partial charge in [0.15, 0.2) is 0 Å². The number of rotatable bonds is 4. The van der Waals surface area contributed by atoms with Gasteiger partial charge in [0.2, 0.25) is 5.91 Å². The fourth-order valence-electron chi connectivity index (χ4n) is 2.96. The van der Waals surface area contributed by atoms with E-state index in [1.807, 2.05) is 19.1 Å². The molecule has 122 valence electrons. The molecule has 2 aromatic rings. The summed E-state index contributed by atoms with van der Waals surface area (Å²) in [4.78, 5) is 16.5. The fourth-order valence-corrected chi connectivity index (χ4v) is 2.96. The van der Waals surface area contributed by atoms with E-state index in [-0.39, 0.29) is 11.9 Å². The van der Waals surface area contributed by atoms with Crippen LogP contribution in [0.2, 0.25) is 0 Å². The van der Waals surface area contributed by atoms with Crippen LogP contribution >= 0.6 is 0 Å². The summed E-state index contributed by atoms with van der Waals surface area (Å²) in [6.45, 7) is 6.93. The lowest BCUT2D eigenvalue weighted by Crippen LogP contribution is -2.42. The van der Waals surface area contributed by atoms with Crippen LogP contribution in [-0.4, -0.2) is 31.7 Å². The lowest BCUT2D eigenvalue weighted by Gasteiger charge is -2.26. The maximum Gasteiger partial charge on any atom is 0.224 e. The van der Waals surface area contributed by atoms with Gasteiger partial charge < -0.3 is 9.88 Å². The van der Waals surface area contributed by atoms with E-state index >= 15 is 0 Å². The molecule has 0 fully saturated rings. The molecule has 6 nitrogen and oxygen atoms in total. The van der Waals surface area contributed by atoms with Crippen molar-refractivity contribution < 1.29 is 4.79 Å². The summed E-state index contributed by atoms with van der Waals surface area (Å²) < 4.78 is 2.16. The van der Waals surface area contributed by atoms with E-state index in [2.05, 4.69) is 38.9 Å². The van der Waals surface area contributed by atoms with E-state index in [0.717, 1.165) is 42.3 Å². The minimum absolute atomic E-state index is 0.0447. The van der Waals surface area contributed by atoms with Crippen molar-refractivity contribution in [2.24, 2.45) is 0 Å². The predicted molar refractivity (Wildman–Crippen MR) is 87.0 cm³/mol. The van der Waals surface area contributed by atoms with Crippen LogP contribution in [0.25, 0.3) is 0 Å². The van der Waals surface area contributed by atoms with E-state index < -0.39 is 0 Å². The lowest BCUT2D eigenvalue weighted by atomic mass is 10.1. The average molecular weight is 313 g/mol. The second-order valence-electron chi connectivity index (χ2n) is 6.53. The molecule has 0 spiro atoms. The number of amides is 1. The topological polar surface area (TPSA) is 72.7 Å². The van der Waals surface area contributed by atoms with E-state index in [4.69, 9.17) is 0 Å². The lowest BCUT2D eigenvalue weighted by molar-refractivity contribution is -0.121. The van der Waals surface area contributed by atoms with Crippen LogP contribution in [0.3, 0.4) is 0 Å². The van der Waals surface area contributed by atoms with Gasteiger partial charge >= 0.3 is 0 Å². The Labute approximate surface area is 136 Å². The van der Waals surface area contributed by atoms with Gasteiger partial charge in [-0.15, -0.1) is 10.2 Å². The Morgan fingerprint density at radius 3 is 2.91 bits per heavy atom. The van der Waals surface area contributed by atoms with Crippen molar-refractivity contribution in [3.05, 3.63) is 41.2 Å². The molecule has 0 aliphatic carbocycles. The highest BCUT2D eigenvalue weighted by atomic mass is 16.1. The molecule has 1 N–H and O–H groups in total. The van der Waals surface area contributed by atoms with Crippen molar-refractivity contribution >= 4 is 5.91 Å². The second kappa shape index (κ2) is 6.48. The normalized spacial score (nSPS) is 17.1. The van der Waals surface area contributed by atoms with Crippen LogP contribution in [-0.2, 0) is 24.2 Å². The Balaban J connectivity index is 1.61. The number of hydrogen-bond acceptors (Lipinski definition) is 4. The first-order chi connectivity index (χ1) is 11.0. The van der Waals surface area contributed by atoms with Gasteiger partial charge in [-0.2, -0.15) is 0 Å². The number of aromatic nitrogens is 4. The smallest absolute Gasteiger partial charge is 0.224 e. The number of fused-ring (bicyclic) bond motifs is 1. The summed E-state index contributed by atoms with van der Waals surface area (Å²) in [5.41, 5.74) is 1.90. The molecule has 1 atom stereocenters. The number of carbonyl (C=O) groups excluding carboxylic acids is 1. The van der Waals surface area contributed by atoms with Crippen molar-refractivity contribution in [2.45, 2.75) is 58.5 Å². The van der Waals surface area contributed by atoms with Crippen LogP contribution in [0.1, 0.15) is 49.1 Å². The summed E-state index contributed by atoms with van der Waals surface area (Å²) in [6.07, 6.45) is 3.91. The Bertz CT molecular complexity index is 690. The summed E-state index contributed by atoms with van der Waals surface area (Å²) in [6, 6.07) is 4.03. The summed E-state index contributed by atoms with van der Waals surface area (Å²) in [5.74, 6) is 2.41. The molecule has 6 heteroatoms. The maximum atomic E-state index is 12.3. The molecule has 3 heterocycles. The van der Waals surface area contributed by atoms with Gasteiger partial charge in [-0.1, -0.05) is 19.9 Å². The van der Waals surface area contributed by atoms with Crippen LogP contribution in [0, 0.1) is 6.92 Å². The summed E-state index contributed by atoms with van der Waals surface area (Å²) >= 11 is 0. The molecule has 3 rings (SSSR count). The number of aryl methyl sites for hydroxylation is 2. The van der Waals surface area contributed by atoms with Crippen LogP contribution in [0.4, 0.5) is 0 Å². The zero-order chi connectivity index (χ0) is 16.4. The zero-order valence-corrected chi connectivity index (χ0v) is 13.9. The molecule has 23 heavy (non-hydrogen) atoms. The van der Waals surface area contributed by atoms with Gasteiger partial charge in [-0.05, 0) is 25.0 Å². The molecule has 0 unspecified atom stereocenters. The van der Waals surface area contributed by atoms with Crippen LogP contribution < -0.4 is 5.32 Å². The fraction of sp³-hybridized carbons (Fsp3) is 0.529. The number of carbonyl (C=O) groups is 1. The van der Waals surface area contributed by atoms with Gasteiger partial charge in [-0.25, -0.2) is 0 Å². The standard InChI is InChI=1S/C17H23N5O/c1-11(2)17-21-20-15-7-6-14(10-22(15)17)19-16(23)8-13-5-4-12(3)18-9-13/h4-5,9,11,14H,6-8,10H2,1-3H3,(H,19,23)/t14-/m1/s1. The highest BCUT2D eigenvalue weighted by molar-refractivity contribution is 5.78. The van der Waals surface area contributed by atoms with Crippen molar-refractivity contribution in [3.63, 3.8) is 0 Å². The molecule has 1 aliphatic heterocycles. The van der Waals surface area contributed by atoms with Crippen molar-refractivity contribution in [1.29, 1.82) is 0 Å². The second-order valence-corrected chi connectivity index (χ2v) is 6.53. The van der Waals surface area contributed by atoms with E-state index in [9.17, 15) is 4.79 Å². The van der Waals surface area contributed by atoms with Gasteiger partial charge in [-0.3, -0.25) is 9.78 Å². The monoisotopic (exact) mass is 313 g/mol. The number of hydrogen-bond donors (Lipinski definition) is 1.